The van der Waals surface area contributed by atoms with Crippen LogP contribution in [0.1, 0.15) is 5.82 Å². The molecule has 0 unspecified atom stereocenters. The fraction of sp³-hybridized carbons (Fsp3) is 0.200. The number of ether oxygens (including phenoxy) is 2. The van der Waals surface area contributed by atoms with Crippen LogP contribution in [0.5, 0.6) is 11.5 Å². The molecule has 1 aromatic heterocycles. The third-order valence-corrected chi connectivity index (χ3v) is 2.21. The van der Waals surface area contributed by atoms with Gasteiger partial charge in [0, 0.05) is 5.56 Å². The number of nitrogens with zero attached hydrogens (tertiary/aromatic N) is 4. The number of fused-ring (bicyclic) bond motifs is 1. The Hall–Kier alpha value is -2.24. The van der Waals surface area contributed by atoms with Crippen LogP contribution in [0.3, 0.4) is 0 Å². The van der Waals surface area contributed by atoms with Gasteiger partial charge in [-0.15, -0.1) is 20.4 Å². The summed E-state index contributed by atoms with van der Waals surface area (Å²) in [5, 5.41) is 15.6. The van der Waals surface area contributed by atoms with Gasteiger partial charge in [-0.25, -0.2) is 0 Å². The van der Waals surface area contributed by atoms with Crippen LogP contribution in [-0.4, -0.2) is 27.2 Å². The fourth-order valence-electron chi connectivity index (χ4n) is 1.43. The van der Waals surface area contributed by atoms with E-state index in [0.717, 1.165) is 11.3 Å². The first kappa shape index (κ1) is 9.02. The third kappa shape index (κ3) is 1.44. The summed E-state index contributed by atoms with van der Waals surface area (Å²) in [6, 6.07) is 5.48. The number of benzene rings is 1. The van der Waals surface area contributed by atoms with Crippen molar-refractivity contribution in [3.05, 3.63) is 24.0 Å². The van der Waals surface area contributed by atoms with Gasteiger partial charge in [0.25, 0.3) is 0 Å². The molecule has 6 heteroatoms. The number of aromatic nitrogens is 4. The Bertz CT molecular complexity index is 527. The van der Waals surface area contributed by atoms with Crippen molar-refractivity contribution in [3.63, 3.8) is 0 Å². The molecule has 0 fully saturated rings. The molecule has 0 radical (unpaired) electrons. The summed E-state index contributed by atoms with van der Waals surface area (Å²) >= 11 is 0. The van der Waals surface area contributed by atoms with Gasteiger partial charge >= 0.3 is 0 Å². The Morgan fingerprint density at radius 1 is 1.00 bits per heavy atom. The average molecular weight is 216 g/mol. The molecule has 0 N–H and O–H groups in total. The zero-order chi connectivity index (χ0) is 11.0. The van der Waals surface area contributed by atoms with Crippen LogP contribution in [-0.2, 0) is 0 Å². The molecule has 80 valence electrons. The van der Waals surface area contributed by atoms with E-state index in [0.29, 0.717) is 17.4 Å². The van der Waals surface area contributed by atoms with Crippen LogP contribution in [0.25, 0.3) is 11.4 Å². The van der Waals surface area contributed by atoms with Gasteiger partial charge in [-0.05, 0) is 25.1 Å². The first-order valence-electron chi connectivity index (χ1n) is 4.77. The van der Waals surface area contributed by atoms with E-state index >= 15 is 0 Å². The van der Waals surface area contributed by atoms with Crippen molar-refractivity contribution >= 4 is 0 Å². The standard InChI is InChI=1S/C10H8N4O2/c1-6-11-13-10(14-12-6)7-2-3-8-9(4-7)16-5-15-8/h2-4H,5H2,1H3. The van der Waals surface area contributed by atoms with Crippen molar-refractivity contribution in [2.45, 2.75) is 6.92 Å². The number of hydrogen-bond donors (Lipinski definition) is 0. The zero-order valence-electron chi connectivity index (χ0n) is 8.54. The molecule has 0 saturated heterocycles. The monoisotopic (exact) mass is 216 g/mol. The molecule has 3 rings (SSSR count). The summed E-state index contributed by atoms with van der Waals surface area (Å²) in [5.41, 5.74) is 0.809. The summed E-state index contributed by atoms with van der Waals surface area (Å²) in [6.45, 7) is 1.99. The van der Waals surface area contributed by atoms with E-state index in [-0.39, 0.29) is 6.79 Å². The Balaban J connectivity index is 2.03. The first-order valence-corrected chi connectivity index (χ1v) is 4.77. The van der Waals surface area contributed by atoms with Crippen molar-refractivity contribution in [2.24, 2.45) is 0 Å². The highest BCUT2D eigenvalue weighted by Gasteiger charge is 2.15. The molecule has 0 spiro atoms. The van der Waals surface area contributed by atoms with Crippen LogP contribution in [0.4, 0.5) is 0 Å². The number of hydrogen-bond acceptors (Lipinski definition) is 6. The molecule has 0 atom stereocenters. The van der Waals surface area contributed by atoms with Gasteiger partial charge in [-0.1, -0.05) is 0 Å². The van der Waals surface area contributed by atoms with Crippen molar-refractivity contribution in [3.8, 4) is 22.9 Å². The maximum atomic E-state index is 5.27. The van der Waals surface area contributed by atoms with Crippen LogP contribution >= 0.6 is 0 Å². The van der Waals surface area contributed by atoms with E-state index in [2.05, 4.69) is 20.4 Å². The van der Waals surface area contributed by atoms with E-state index in [1.807, 2.05) is 18.2 Å². The minimum absolute atomic E-state index is 0.254. The zero-order valence-corrected chi connectivity index (χ0v) is 8.54. The minimum atomic E-state index is 0.254. The van der Waals surface area contributed by atoms with Gasteiger partial charge in [-0.3, -0.25) is 0 Å². The highest BCUT2D eigenvalue weighted by atomic mass is 16.7. The van der Waals surface area contributed by atoms with Gasteiger partial charge in [0.1, 0.15) is 0 Å². The molecule has 1 aliphatic rings. The number of rotatable bonds is 1. The Morgan fingerprint density at radius 3 is 2.56 bits per heavy atom. The van der Waals surface area contributed by atoms with Crippen molar-refractivity contribution in [1.82, 2.24) is 20.4 Å². The lowest BCUT2D eigenvalue weighted by atomic mass is 10.2. The van der Waals surface area contributed by atoms with Crippen LogP contribution in [0.2, 0.25) is 0 Å². The summed E-state index contributed by atoms with van der Waals surface area (Å²) in [5.74, 6) is 2.45. The second-order valence-corrected chi connectivity index (χ2v) is 3.34. The van der Waals surface area contributed by atoms with Crippen molar-refractivity contribution in [2.75, 3.05) is 6.79 Å². The van der Waals surface area contributed by atoms with E-state index in [4.69, 9.17) is 9.47 Å². The van der Waals surface area contributed by atoms with E-state index in [1.165, 1.54) is 0 Å². The first-order chi connectivity index (χ1) is 7.83. The molecule has 2 aromatic rings. The second kappa shape index (κ2) is 3.41. The molecule has 1 aromatic carbocycles. The Kier molecular flexibility index (Phi) is 1.92. The molecule has 1 aliphatic heterocycles. The lowest BCUT2D eigenvalue weighted by Gasteiger charge is -2.00. The molecular formula is C10H8N4O2. The lowest BCUT2D eigenvalue weighted by Crippen LogP contribution is -1.98. The summed E-state index contributed by atoms with van der Waals surface area (Å²) in [7, 11) is 0. The summed E-state index contributed by atoms with van der Waals surface area (Å²) < 4.78 is 10.5. The van der Waals surface area contributed by atoms with E-state index in [1.54, 1.807) is 6.92 Å². The van der Waals surface area contributed by atoms with Crippen LogP contribution in [0, 0.1) is 6.92 Å². The van der Waals surface area contributed by atoms with Crippen molar-refractivity contribution in [1.29, 1.82) is 0 Å². The van der Waals surface area contributed by atoms with Crippen LogP contribution < -0.4 is 9.47 Å². The third-order valence-electron chi connectivity index (χ3n) is 2.21. The highest BCUT2D eigenvalue weighted by Crippen LogP contribution is 2.34. The number of aryl methyl sites for hydroxylation is 1. The second-order valence-electron chi connectivity index (χ2n) is 3.34. The topological polar surface area (TPSA) is 70.0 Å². The normalized spacial score (nSPS) is 12.8. The molecular weight excluding hydrogens is 208 g/mol. The van der Waals surface area contributed by atoms with Gasteiger partial charge < -0.3 is 9.47 Å². The molecule has 0 amide bonds. The highest BCUT2D eigenvalue weighted by molar-refractivity contribution is 5.60. The van der Waals surface area contributed by atoms with Gasteiger partial charge in [0.15, 0.2) is 17.3 Å². The van der Waals surface area contributed by atoms with Gasteiger partial charge in [0.2, 0.25) is 12.6 Å². The maximum absolute atomic E-state index is 5.27. The lowest BCUT2D eigenvalue weighted by molar-refractivity contribution is 0.174. The smallest absolute Gasteiger partial charge is 0.231 e. The molecule has 6 nitrogen and oxygen atoms in total. The molecule has 0 aliphatic carbocycles. The van der Waals surface area contributed by atoms with E-state index < -0.39 is 0 Å². The predicted octanol–water partition coefficient (Wildman–Crippen LogP) is 0.971. The molecule has 2 heterocycles. The predicted molar refractivity (Wildman–Crippen MR) is 53.9 cm³/mol. The maximum Gasteiger partial charge on any atom is 0.231 e. The average Bonchev–Trinajstić information content (AvgIpc) is 2.77. The quantitative estimate of drug-likeness (QED) is 0.707. The molecule has 0 bridgehead atoms. The molecule has 0 saturated carbocycles. The van der Waals surface area contributed by atoms with Crippen LogP contribution in [0.15, 0.2) is 18.2 Å². The largest absolute Gasteiger partial charge is 0.454 e. The van der Waals surface area contributed by atoms with E-state index in [9.17, 15) is 0 Å². The SMILES string of the molecule is Cc1nnc(-c2ccc3c(c2)OCO3)nn1. The van der Waals surface area contributed by atoms with Gasteiger partial charge in [-0.2, -0.15) is 0 Å². The fourth-order valence-corrected chi connectivity index (χ4v) is 1.43. The minimum Gasteiger partial charge on any atom is -0.454 e. The van der Waals surface area contributed by atoms with Crippen molar-refractivity contribution < 1.29 is 9.47 Å². The Labute approximate surface area is 91.3 Å². The Morgan fingerprint density at radius 2 is 1.75 bits per heavy atom. The van der Waals surface area contributed by atoms with Gasteiger partial charge in [0.05, 0.1) is 0 Å². The summed E-state index contributed by atoms with van der Waals surface area (Å²) in [6.07, 6.45) is 0. The molecule has 16 heavy (non-hydrogen) atoms. The summed E-state index contributed by atoms with van der Waals surface area (Å²) in [4.78, 5) is 0.